The summed E-state index contributed by atoms with van der Waals surface area (Å²) in [6, 6.07) is 9.59. The van der Waals surface area contributed by atoms with Crippen molar-refractivity contribution in [1.82, 2.24) is 10.3 Å². The molecule has 33 heavy (non-hydrogen) atoms. The average Bonchev–Trinajstić information content (AvgIpc) is 3.18. The maximum Gasteiger partial charge on any atom is 0.272 e. The number of hydrogen-bond donors (Lipinski definition) is 1. The van der Waals surface area contributed by atoms with Gasteiger partial charge in [-0.15, -0.1) is 11.3 Å². The maximum atomic E-state index is 13.7. The lowest BCUT2D eigenvalue weighted by Crippen LogP contribution is -2.28. The smallest absolute Gasteiger partial charge is 0.272 e. The Labute approximate surface area is 205 Å². The molecular formula is C22H21Cl2N3O5S. The second-order valence-corrected chi connectivity index (χ2v) is 8.67. The van der Waals surface area contributed by atoms with Gasteiger partial charge in [-0.3, -0.25) is 14.5 Å². The van der Waals surface area contributed by atoms with E-state index in [4.69, 9.17) is 37.4 Å². The van der Waals surface area contributed by atoms with Crippen LogP contribution in [0.15, 0.2) is 36.4 Å². The van der Waals surface area contributed by atoms with E-state index in [1.165, 1.54) is 49.7 Å². The van der Waals surface area contributed by atoms with E-state index < -0.39 is 11.8 Å². The number of rotatable bonds is 8. The van der Waals surface area contributed by atoms with Gasteiger partial charge in [0.25, 0.3) is 11.8 Å². The molecule has 0 bridgehead atoms. The van der Waals surface area contributed by atoms with Crippen LogP contribution >= 0.6 is 34.5 Å². The molecule has 1 heterocycles. The minimum atomic E-state index is -0.457. The van der Waals surface area contributed by atoms with Crippen LogP contribution in [0.3, 0.4) is 0 Å². The zero-order valence-corrected chi connectivity index (χ0v) is 20.6. The van der Waals surface area contributed by atoms with Crippen molar-refractivity contribution >= 4 is 57.2 Å². The van der Waals surface area contributed by atoms with E-state index in [2.05, 4.69) is 10.3 Å². The fourth-order valence-corrected chi connectivity index (χ4v) is 4.39. The Morgan fingerprint density at radius 3 is 2.42 bits per heavy atom. The Balaban J connectivity index is 2.14. The summed E-state index contributed by atoms with van der Waals surface area (Å²) in [4.78, 5) is 32.6. The second-order valence-electron chi connectivity index (χ2n) is 6.64. The number of ether oxygens (including phenoxy) is 3. The molecule has 8 nitrogen and oxygen atoms in total. The number of hydrogen-bond acceptors (Lipinski definition) is 7. The van der Waals surface area contributed by atoms with E-state index in [1.807, 2.05) is 0 Å². The molecule has 0 spiro atoms. The van der Waals surface area contributed by atoms with Gasteiger partial charge in [-0.25, -0.2) is 4.98 Å². The molecule has 0 aliphatic carbocycles. The van der Waals surface area contributed by atoms with Gasteiger partial charge in [-0.05, 0) is 37.3 Å². The molecule has 0 aliphatic rings. The van der Waals surface area contributed by atoms with Gasteiger partial charge in [0, 0.05) is 23.1 Å². The molecule has 11 heteroatoms. The third-order valence-corrected chi connectivity index (χ3v) is 6.06. The summed E-state index contributed by atoms with van der Waals surface area (Å²) in [5.41, 5.74) is 0.850. The number of anilines is 2. The lowest BCUT2D eigenvalue weighted by molar-refractivity contribution is 0.0866. The van der Waals surface area contributed by atoms with Crippen molar-refractivity contribution < 1.29 is 23.8 Å². The lowest BCUT2D eigenvalue weighted by Gasteiger charge is -2.22. The fraction of sp³-hybridized carbons (Fsp3) is 0.227. The zero-order chi connectivity index (χ0) is 24.1. The molecular weight excluding hydrogens is 489 g/mol. The normalized spacial score (nSPS) is 10.6. The summed E-state index contributed by atoms with van der Waals surface area (Å²) < 4.78 is 15.6. The number of halogens is 2. The van der Waals surface area contributed by atoms with Crippen molar-refractivity contribution in [1.29, 1.82) is 0 Å². The molecule has 0 saturated carbocycles. The Morgan fingerprint density at radius 2 is 1.79 bits per heavy atom. The number of thiazole rings is 1. The minimum Gasteiger partial charge on any atom is -0.493 e. The summed E-state index contributed by atoms with van der Waals surface area (Å²) >= 11 is 13.5. The number of carbonyl (C=O) groups excluding carboxylic acids is 2. The van der Waals surface area contributed by atoms with Crippen molar-refractivity contribution in [3.63, 3.8) is 0 Å². The number of aromatic nitrogens is 1. The summed E-state index contributed by atoms with van der Waals surface area (Å²) in [7, 11) is 4.48. The van der Waals surface area contributed by atoms with Gasteiger partial charge in [0.15, 0.2) is 16.6 Å². The van der Waals surface area contributed by atoms with E-state index in [9.17, 15) is 9.59 Å². The monoisotopic (exact) mass is 509 g/mol. The maximum absolute atomic E-state index is 13.7. The van der Waals surface area contributed by atoms with Crippen LogP contribution in [0.5, 0.6) is 11.5 Å². The largest absolute Gasteiger partial charge is 0.493 e. The first-order valence-corrected chi connectivity index (χ1v) is 11.1. The molecule has 0 fully saturated rings. The average molecular weight is 510 g/mol. The molecule has 0 unspecified atom stereocenters. The Morgan fingerprint density at radius 1 is 1.06 bits per heavy atom. The summed E-state index contributed by atoms with van der Waals surface area (Å²) in [6.07, 6.45) is 0. The Bertz CT molecular complexity index is 1180. The number of nitrogens with one attached hydrogen (secondary N) is 1. The first-order chi connectivity index (χ1) is 15.8. The van der Waals surface area contributed by atoms with Crippen molar-refractivity contribution in [3.05, 3.63) is 62.6 Å². The molecule has 0 saturated heterocycles. The Hall–Kier alpha value is -2.85. The standard InChI is InChI=1S/C22H21Cl2N3O5S/c1-12-19(20(28)25-11-30-2)26-22(33-12)27(14-6-8-17(31-3)18(10-14)32-4)21(29)15-7-5-13(23)9-16(15)24/h5-10H,11H2,1-4H3,(H,25,28). The quantitative estimate of drug-likeness (QED) is 0.425. The zero-order valence-electron chi connectivity index (χ0n) is 18.3. The van der Waals surface area contributed by atoms with Gasteiger partial charge in [-0.2, -0.15) is 0 Å². The van der Waals surface area contributed by atoms with E-state index in [0.717, 1.165) is 0 Å². The molecule has 2 amide bonds. The van der Waals surface area contributed by atoms with Crippen LogP contribution in [0, 0.1) is 6.92 Å². The highest BCUT2D eigenvalue weighted by molar-refractivity contribution is 7.16. The molecule has 2 aromatic carbocycles. The highest BCUT2D eigenvalue weighted by Gasteiger charge is 2.28. The number of amides is 2. The molecule has 3 rings (SSSR count). The number of aryl methyl sites for hydroxylation is 1. The second kappa shape index (κ2) is 10.8. The van der Waals surface area contributed by atoms with Gasteiger partial charge < -0.3 is 19.5 Å². The topological polar surface area (TPSA) is 90.0 Å². The molecule has 0 atom stereocenters. The van der Waals surface area contributed by atoms with Gasteiger partial charge in [-0.1, -0.05) is 23.2 Å². The fourth-order valence-electron chi connectivity index (χ4n) is 2.97. The van der Waals surface area contributed by atoms with Gasteiger partial charge in [0.2, 0.25) is 0 Å². The van der Waals surface area contributed by atoms with Crippen LogP contribution in [-0.2, 0) is 4.74 Å². The van der Waals surface area contributed by atoms with Gasteiger partial charge >= 0.3 is 0 Å². The van der Waals surface area contributed by atoms with Crippen LogP contribution in [-0.4, -0.2) is 44.9 Å². The van der Waals surface area contributed by atoms with Gasteiger partial charge in [0.1, 0.15) is 12.4 Å². The highest BCUT2D eigenvalue weighted by atomic mass is 35.5. The predicted octanol–water partition coefficient (Wildman–Crippen LogP) is 5.09. The first kappa shape index (κ1) is 24.8. The third kappa shape index (κ3) is 5.39. The molecule has 0 aliphatic heterocycles. The molecule has 0 radical (unpaired) electrons. The van der Waals surface area contributed by atoms with E-state index in [1.54, 1.807) is 31.2 Å². The SMILES string of the molecule is COCNC(=O)c1nc(N(C(=O)c2ccc(Cl)cc2Cl)c2ccc(OC)c(OC)c2)sc1C. The van der Waals surface area contributed by atoms with Crippen LogP contribution in [0.25, 0.3) is 0 Å². The van der Waals surface area contributed by atoms with Crippen molar-refractivity contribution in [3.8, 4) is 11.5 Å². The van der Waals surface area contributed by atoms with E-state index >= 15 is 0 Å². The number of carbonyl (C=O) groups is 2. The van der Waals surface area contributed by atoms with Crippen molar-refractivity contribution in [2.24, 2.45) is 0 Å². The van der Waals surface area contributed by atoms with Crippen LogP contribution in [0.1, 0.15) is 25.7 Å². The first-order valence-electron chi connectivity index (χ1n) is 9.56. The van der Waals surface area contributed by atoms with Crippen LogP contribution in [0.4, 0.5) is 10.8 Å². The number of nitrogens with zero attached hydrogens (tertiary/aromatic N) is 2. The molecule has 174 valence electrons. The van der Waals surface area contributed by atoms with Crippen LogP contribution < -0.4 is 19.7 Å². The Kier molecular flexibility index (Phi) is 8.15. The lowest BCUT2D eigenvalue weighted by atomic mass is 10.1. The van der Waals surface area contributed by atoms with Crippen LogP contribution in [0.2, 0.25) is 10.0 Å². The summed E-state index contributed by atoms with van der Waals surface area (Å²) in [5, 5.41) is 3.46. The summed E-state index contributed by atoms with van der Waals surface area (Å²) in [5.74, 6) is 0.0389. The third-order valence-electron chi connectivity index (χ3n) is 4.56. The highest BCUT2D eigenvalue weighted by Crippen LogP contribution is 2.38. The molecule has 3 aromatic rings. The van der Waals surface area contributed by atoms with Gasteiger partial charge in [0.05, 0.1) is 30.5 Å². The predicted molar refractivity (Wildman–Crippen MR) is 129 cm³/mol. The molecule has 1 N–H and O–H groups in total. The number of methoxy groups -OCH3 is 3. The minimum absolute atomic E-state index is 0.0316. The van der Waals surface area contributed by atoms with Crippen molar-refractivity contribution in [2.45, 2.75) is 6.92 Å². The van der Waals surface area contributed by atoms with E-state index in [0.29, 0.717) is 27.1 Å². The molecule has 1 aromatic heterocycles. The summed E-state index contributed by atoms with van der Waals surface area (Å²) in [6.45, 7) is 1.78. The van der Waals surface area contributed by atoms with Crippen molar-refractivity contribution in [2.75, 3.05) is 33.0 Å². The number of benzene rings is 2. The van der Waals surface area contributed by atoms with E-state index in [-0.39, 0.29) is 28.1 Å².